The van der Waals surface area contributed by atoms with Gasteiger partial charge in [-0.15, -0.1) is 0 Å². The van der Waals surface area contributed by atoms with Crippen LogP contribution in [0.5, 0.6) is 0 Å². The van der Waals surface area contributed by atoms with Gasteiger partial charge in [-0.1, -0.05) is 37.6 Å². The van der Waals surface area contributed by atoms with Crippen LogP contribution in [-0.2, 0) is 0 Å². The van der Waals surface area contributed by atoms with E-state index in [1.54, 1.807) is 6.07 Å². The van der Waals surface area contributed by atoms with E-state index in [0.29, 0.717) is 22.1 Å². The molecule has 0 fully saturated rings. The Kier molecular flexibility index (Phi) is 3.24. The predicted molar refractivity (Wildman–Crippen MR) is 67.2 cm³/mol. The fourth-order valence-corrected chi connectivity index (χ4v) is 1.73. The van der Waals surface area contributed by atoms with Gasteiger partial charge < -0.3 is 0 Å². The van der Waals surface area contributed by atoms with Crippen molar-refractivity contribution in [2.24, 2.45) is 0 Å². The second-order valence-electron chi connectivity index (χ2n) is 4.01. The van der Waals surface area contributed by atoms with Gasteiger partial charge in [0.2, 0.25) is 0 Å². The maximum atomic E-state index is 11.5. The number of nitrogens with one attached hydrogen (secondary N) is 1. The first kappa shape index (κ1) is 11.8. The van der Waals surface area contributed by atoms with Gasteiger partial charge in [-0.05, 0) is 12.1 Å². The van der Waals surface area contributed by atoms with Crippen LogP contribution >= 0.6 is 11.6 Å². The van der Waals surface area contributed by atoms with Crippen LogP contribution in [0.3, 0.4) is 0 Å². The lowest BCUT2D eigenvalue weighted by Gasteiger charge is -2.06. The Morgan fingerprint density at radius 2 is 2.00 bits per heavy atom. The summed E-state index contributed by atoms with van der Waals surface area (Å²) in [5.41, 5.74) is 0.929. The number of aromatic nitrogens is 3. The monoisotopic (exact) mass is 249 g/mol. The van der Waals surface area contributed by atoms with Crippen molar-refractivity contribution in [1.82, 2.24) is 15.2 Å². The summed E-state index contributed by atoms with van der Waals surface area (Å²) in [6.07, 6.45) is 0. The molecule has 0 aliphatic rings. The molecule has 2 rings (SSSR count). The minimum absolute atomic E-state index is 0.0444. The van der Waals surface area contributed by atoms with Crippen molar-refractivity contribution in [3.63, 3.8) is 0 Å². The number of hydrogen-bond donors (Lipinski definition) is 1. The van der Waals surface area contributed by atoms with Gasteiger partial charge in [0.25, 0.3) is 5.56 Å². The van der Waals surface area contributed by atoms with E-state index >= 15 is 0 Å². The number of halogens is 1. The zero-order valence-electron chi connectivity index (χ0n) is 9.57. The van der Waals surface area contributed by atoms with Gasteiger partial charge in [0.05, 0.1) is 5.02 Å². The Labute approximate surface area is 104 Å². The summed E-state index contributed by atoms with van der Waals surface area (Å²) < 4.78 is 0. The summed E-state index contributed by atoms with van der Waals surface area (Å²) >= 11 is 6.06. The highest BCUT2D eigenvalue weighted by atomic mass is 35.5. The largest absolute Gasteiger partial charge is 0.286 e. The molecule has 5 heteroatoms. The zero-order chi connectivity index (χ0) is 12.4. The second-order valence-corrected chi connectivity index (χ2v) is 4.42. The van der Waals surface area contributed by atoms with E-state index in [0.717, 1.165) is 0 Å². The second kappa shape index (κ2) is 4.67. The molecule has 0 amide bonds. The molecule has 0 unspecified atom stereocenters. The normalized spacial score (nSPS) is 10.8. The molecule has 0 radical (unpaired) electrons. The molecular formula is C12H12ClN3O. The van der Waals surface area contributed by atoms with Crippen molar-refractivity contribution in [3.8, 4) is 11.4 Å². The molecule has 0 aliphatic carbocycles. The average molecular weight is 250 g/mol. The highest BCUT2D eigenvalue weighted by Gasteiger charge is 2.12. The SMILES string of the molecule is CC(C)c1nc(-c2ccccc2Cl)n[nH]c1=O. The van der Waals surface area contributed by atoms with E-state index in [1.807, 2.05) is 32.0 Å². The Bertz CT molecular complexity index is 592. The third kappa shape index (κ3) is 2.36. The van der Waals surface area contributed by atoms with Crippen molar-refractivity contribution in [2.75, 3.05) is 0 Å². The van der Waals surface area contributed by atoms with E-state index in [1.165, 1.54) is 0 Å². The maximum Gasteiger partial charge on any atom is 0.286 e. The molecule has 0 saturated heterocycles. The van der Waals surface area contributed by atoms with Gasteiger partial charge in [0.15, 0.2) is 5.82 Å². The third-order valence-electron chi connectivity index (χ3n) is 2.38. The Balaban J connectivity index is 2.58. The van der Waals surface area contributed by atoms with E-state index < -0.39 is 0 Å². The van der Waals surface area contributed by atoms with Crippen LogP contribution in [0.2, 0.25) is 5.02 Å². The summed E-state index contributed by atoms with van der Waals surface area (Å²) in [6, 6.07) is 7.27. The Hall–Kier alpha value is -1.68. The molecule has 0 aliphatic heterocycles. The van der Waals surface area contributed by atoms with Crippen LogP contribution in [0.15, 0.2) is 29.1 Å². The molecule has 1 heterocycles. The standard InChI is InChI=1S/C12H12ClN3O/c1-7(2)10-12(17)16-15-11(14-10)8-5-3-4-6-9(8)13/h3-7H,1-2H3,(H,16,17). The molecule has 1 N–H and O–H groups in total. The Morgan fingerprint density at radius 3 is 2.65 bits per heavy atom. The average Bonchev–Trinajstić information content (AvgIpc) is 2.30. The fraction of sp³-hybridized carbons (Fsp3) is 0.250. The lowest BCUT2D eigenvalue weighted by Crippen LogP contribution is -2.18. The molecule has 1 aromatic heterocycles. The Morgan fingerprint density at radius 1 is 1.29 bits per heavy atom. The van der Waals surface area contributed by atoms with Gasteiger partial charge >= 0.3 is 0 Å². The topological polar surface area (TPSA) is 58.6 Å². The smallest absolute Gasteiger partial charge is 0.266 e. The van der Waals surface area contributed by atoms with Crippen LogP contribution in [0, 0.1) is 0 Å². The molecule has 88 valence electrons. The van der Waals surface area contributed by atoms with Gasteiger partial charge in [-0.3, -0.25) is 4.79 Å². The van der Waals surface area contributed by atoms with Crippen molar-refractivity contribution in [3.05, 3.63) is 45.3 Å². The number of hydrogen-bond acceptors (Lipinski definition) is 3. The van der Waals surface area contributed by atoms with E-state index in [2.05, 4.69) is 15.2 Å². The van der Waals surface area contributed by atoms with Gasteiger partial charge in [0.1, 0.15) is 5.69 Å². The van der Waals surface area contributed by atoms with Crippen LogP contribution in [0.1, 0.15) is 25.5 Å². The number of benzene rings is 1. The summed E-state index contributed by atoms with van der Waals surface area (Å²) in [6.45, 7) is 3.82. The zero-order valence-corrected chi connectivity index (χ0v) is 10.3. The van der Waals surface area contributed by atoms with E-state index in [9.17, 15) is 4.79 Å². The highest BCUT2D eigenvalue weighted by molar-refractivity contribution is 6.33. The molecule has 0 bridgehead atoms. The summed E-state index contributed by atoms with van der Waals surface area (Å²) in [5, 5.41) is 6.93. The van der Waals surface area contributed by atoms with Crippen LogP contribution < -0.4 is 5.56 Å². The van der Waals surface area contributed by atoms with Crippen LogP contribution in [0.4, 0.5) is 0 Å². The number of rotatable bonds is 2. The number of H-pyrrole nitrogens is 1. The van der Waals surface area contributed by atoms with Crippen molar-refractivity contribution in [2.45, 2.75) is 19.8 Å². The molecule has 0 spiro atoms. The lowest BCUT2D eigenvalue weighted by molar-refractivity contribution is 0.769. The molecular weight excluding hydrogens is 238 g/mol. The van der Waals surface area contributed by atoms with Gasteiger partial charge in [0, 0.05) is 11.5 Å². The highest BCUT2D eigenvalue weighted by Crippen LogP contribution is 2.24. The lowest BCUT2D eigenvalue weighted by atomic mass is 10.1. The molecule has 0 saturated carbocycles. The summed E-state index contributed by atoms with van der Waals surface area (Å²) in [7, 11) is 0. The first-order valence-electron chi connectivity index (χ1n) is 5.31. The predicted octanol–water partition coefficient (Wildman–Crippen LogP) is 2.61. The van der Waals surface area contributed by atoms with E-state index in [-0.39, 0.29) is 11.5 Å². The first-order chi connectivity index (χ1) is 8.09. The molecule has 4 nitrogen and oxygen atoms in total. The summed E-state index contributed by atoms with van der Waals surface area (Å²) in [5.74, 6) is 0.488. The van der Waals surface area contributed by atoms with Gasteiger partial charge in [-0.25, -0.2) is 10.1 Å². The quantitative estimate of drug-likeness (QED) is 0.890. The third-order valence-corrected chi connectivity index (χ3v) is 2.71. The first-order valence-corrected chi connectivity index (χ1v) is 5.69. The van der Waals surface area contributed by atoms with Crippen LogP contribution in [-0.4, -0.2) is 15.2 Å². The fourth-order valence-electron chi connectivity index (χ4n) is 1.51. The van der Waals surface area contributed by atoms with Crippen LogP contribution in [0.25, 0.3) is 11.4 Å². The minimum Gasteiger partial charge on any atom is -0.266 e. The number of aromatic amines is 1. The van der Waals surface area contributed by atoms with Crippen molar-refractivity contribution < 1.29 is 0 Å². The van der Waals surface area contributed by atoms with Crippen molar-refractivity contribution >= 4 is 11.6 Å². The van der Waals surface area contributed by atoms with Crippen molar-refractivity contribution in [1.29, 1.82) is 0 Å². The molecule has 2 aromatic rings. The number of nitrogens with zero attached hydrogens (tertiary/aromatic N) is 2. The minimum atomic E-state index is -0.254. The molecule has 0 atom stereocenters. The molecule has 17 heavy (non-hydrogen) atoms. The van der Waals surface area contributed by atoms with Gasteiger partial charge in [-0.2, -0.15) is 5.10 Å². The molecule has 1 aromatic carbocycles. The van der Waals surface area contributed by atoms with E-state index in [4.69, 9.17) is 11.6 Å². The maximum absolute atomic E-state index is 11.5. The summed E-state index contributed by atoms with van der Waals surface area (Å²) in [4.78, 5) is 15.8.